The molecule has 0 aliphatic heterocycles. The first-order valence-electron chi connectivity index (χ1n) is 6.13. The quantitative estimate of drug-likeness (QED) is 0.573. The lowest BCUT2D eigenvalue weighted by Crippen LogP contribution is -2.46. The van der Waals surface area contributed by atoms with Crippen LogP contribution in [0.2, 0.25) is 0 Å². The van der Waals surface area contributed by atoms with Gasteiger partial charge >= 0.3 is 6.18 Å². The zero-order chi connectivity index (χ0) is 13.6. The van der Waals surface area contributed by atoms with Gasteiger partial charge < -0.3 is 15.0 Å². The van der Waals surface area contributed by atoms with Crippen LogP contribution in [0.15, 0.2) is 0 Å². The van der Waals surface area contributed by atoms with Gasteiger partial charge in [-0.2, -0.15) is 13.2 Å². The van der Waals surface area contributed by atoms with Gasteiger partial charge in [0.15, 0.2) is 5.11 Å². The summed E-state index contributed by atoms with van der Waals surface area (Å²) < 4.78 is 42.3. The molecule has 1 aliphatic rings. The minimum atomic E-state index is -4.21. The number of rotatable bonds is 7. The molecule has 1 aliphatic carbocycles. The van der Waals surface area contributed by atoms with Gasteiger partial charge in [-0.15, -0.1) is 0 Å². The van der Waals surface area contributed by atoms with E-state index in [9.17, 15) is 13.2 Å². The van der Waals surface area contributed by atoms with E-state index in [2.05, 4.69) is 5.32 Å². The van der Waals surface area contributed by atoms with Crippen LogP contribution >= 0.6 is 12.2 Å². The summed E-state index contributed by atoms with van der Waals surface area (Å²) in [6.45, 7) is 2.71. The van der Waals surface area contributed by atoms with Gasteiger partial charge in [-0.3, -0.25) is 0 Å². The standard InChI is InChI=1S/C11H19F3N2OS/c1-2-17-7-3-6-15-10(18)16(9-4-5-9)8-11(12,13)14/h9H,2-8H2,1H3,(H,15,18). The van der Waals surface area contributed by atoms with E-state index in [-0.39, 0.29) is 11.2 Å². The highest BCUT2D eigenvalue weighted by molar-refractivity contribution is 7.80. The Morgan fingerprint density at radius 2 is 2.11 bits per heavy atom. The second-order valence-electron chi connectivity index (χ2n) is 4.26. The largest absolute Gasteiger partial charge is 0.406 e. The predicted molar refractivity (Wildman–Crippen MR) is 67.5 cm³/mol. The van der Waals surface area contributed by atoms with E-state index in [0.29, 0.717) is 19.8 Å². The summed E-state index contributed by atoms with van der Waals surface area (Å²) in [6.07, 6.45) is -1.90. The Morgan fingerprint density at radius 1 is 1.44 bits per heavy atom. The number of ether oxygens (including phenoxy) is 1. The minimum absolute atomic E-state index is 0.0430. The summed E-state index contributed by atoms with van der Waals surface area (Å²) in [5, 5.41) is 3.06. The van der Waals surface area contributed by atoms with Crippen molar-refractivity contribution in [3.63, 3.8) is 0 Å². The third kappa shape index (κ3) is 6.39. The maximum absolute atomic E-state index is 12.4. The molecule has 0 saturated heterocycles. The minimum Gasteiger partial charge on any atom is -0.382 e. The highest BCUT2D eigenvalue weighted by Crippen LogP contribution is 2.30. The zero-order valence-corrected chi connectivity index (χ0v) is 11.2. The van der Waals surface area contributed by atoms with E-state index in [1.807, 2.05) is 6.92 Å². The maximum atomic E-state index is 12.4. The second kappa shape index (κ2) is 7.13. The van der Waals surface area contributed by atoms with Crippen LogP contribution in [0, 0.1) is 0 Å². The molecule has 1 fully saturated rings. The average molecular weight is 284 g/mol. The van der Waals surface area contributed by atoms with Gasteiger partial charge in [0.05, 0.1) is 0 Å². The van der Waals surface area contributed by atoms with Crippen molar-refractivity contribution >= 4 is 17.3 Å². The van der Waals surface area contributed by atoms with Crippen molar-refractivity contribution in [3.8, 4) is 0 Å². The van der Waals surface area contributed by atoms with Crippen LogP contribution in [0.4, 0.5) is 13.2 Å². The zero-order valence-electron chi connectivity index (χ0n) is 10.4. The molecule has 3 nitrogen and oxygen atoms in total. The van der Waals surface area contributed by atoms with Gasteiger partial charge in [-0.25, -0.2) is 0 Å². The Morgan fingerprint density at radius 3 is 2.61 bits per heavy atom. The first-order chi connectivity index (χ1) is 8.44. The molecular formula is C11H19F3N2OS. The number of thiocarbonyl (C=S) groups is 1. The Kier molecular flexibility index (Phi) is 6.14. The van der Waals surface area contributed by atoms with Crippen molar-refractivity contribution in [2.45, 2.75) is 38.4 Å². The fourth-order valence-electron chi connectivity index (χ4n) is 1.56. The lowest BCUT2D eigenvalue weighted by molar-refractivity contribution is -0.138. The van der Waals surface area contributed by atoms with E-state index >= 15 is 0 Å². The number of alkyl halides is 3. The molecule has 0 bridgehead atoms. The smallest absolute Gasteiger partial charge is 0.382 e. The summed E-state index contributed by atoms with van der Waals surface area (Å²) in [6, 6.07) is -0.0430. The Balaban J connectivity index is 2.27. The number of halogens is 3. The van der Waals surface area contributed by atoms with Crippen LogP contribution < -0.4 is 5.32 Å². The van der Waals surface area contributed by atoms with Crippen LogP contribution in [-0.4, -0.2) is 48.5 Å². The number of nitrogens with zero attached hydrogens (tertiary/aromatic N) is 1. The molecule has 1 rings (SSSR count). The molecule has 0 atom stereocenters. The van der Waals surface area contributed by atoms with Gasteiger partial charge in [0, 0.05) is 25.8 Å². The molecule has 0 spiro atoms. The molecular weight excluding hydrogens is 265 g/mol. The van der Waals surface area contributed by atoms with Crippen molar-refractivity contribution in [2.75, 3.05) is 26.3 Å². The molecule has 18 heavy (non-hydrogen) atoms. The summed E-state index contributed by atoms with van der Waals surface area (Å²) in [4.78, 5) is 1.25. The van der Waals surface area contributed by atoms with Crippen molar-refractivity contribution in [2.24, 2.45) is 0 Å². The van der Waals surface area contributed by atoms with Gasteiger partial charge in [0.2, 0.25) is 0 Å². The molecule has 0 aromatic carbocycles. The highest BCUT2D eigenvalue weighted by Gasteiger charge is 2.39. The molecule has 1 saturated carbocycles. The molecule has 106 valence electrons. The monoisotopic (exact) mass is 284 g/mol. The number of hydrogen-bond acceptors (Lipinski definition) is 2. The topological polar surface area (TPSA) is 24.5 Å². The Bertz CT molecular complexity index is 270. The lowest BCUT2D eigenvalue weighted by Gasteiger charge is -2.26. The third-order valence-corrected chi connectivity index (χ3v) is 2.92. The molecule has 1 N–H and O–H groups in total. The summed E-state index contributed by atoms with van der Waals surface area (Å²) in [7, 11) is 0. The molecule has 0 aromatic heterocycles. The van der Waals surface area contributed by atoms with Crippen LogP contribution in [0.5, 0.6) is 0 Å². The Hall–Kier alpha value is -0.560. The lowest BCUT2D eigenvalue weighted by atomic mass is 10.4. The number of nitrogens with one attached hydrogen (secondary N) is 1. The second-order valence-corrected chi connectivity index (χ2v) is 4.64. The van der Waals surface area contributed by atoms with E-state index < -0.39 is 12.7 Å². The van der Waals surface area contributed by atoms with Crippen molar-refractivity contribution in [1.29, 1.82) is 0 Å². The molecule has 0 aromatic rings. The van der Waals surface area contributed by atoms with Crippen LogP contribution in [0.25, 0.3) is 0 Å². The van der Waals surface area contributed by atoms with Crippen LogP contribution in [0.1, 0.15) is 26.2 Å². The SMILES string of the molecule is CCOCCCNC(=S)N(CC(F)(F)F)C1CC1. The fourth-order valence-corrected chi connectivity index (χ4v) is 1.88. The fraction of sp³-hybridized carbons (Fsp3) is 0.909. The molecule has 0 heterocycles. The maximum Gasteiger partial charge on any atom is 0.406 e. The Labute approximate surface area is 111 Å². The highest BCUT2D eigenvalue weighted by atomic mass is 32.1. The van der Waals surface area contributed by atoms with Crippen LogP contribution in [0.3, 0.4) is 0 Å². The first-order valence-corrected chi connectivity index (χ1v) is 6.54. The van der Waals surface area contributed by atoms with Gasteiger partial charge in [0.1, 0.15) is 6.54 Å². The summed E-state index contributed by atoms with van der Waals surface area (Å²) in [5.74, 6) is 0. The molecule has 7 heteroatoms. The first kappa shape index (κ1) is 15.5. The summed E-state index contributed by atoms with van der Waals surface area (Å²) >= 11 is 5.01. The molecule has 0 amide bonds. The van der Waals surface area contributed by atoms with E-state index in [1.54, 1.807) is 0 Å². The van der Waals surface area contributed by atoms with Crippen molar-refractivity contribution < 1.29 is 17.9 Å². The van der Waals surface area contributed by atoms with Gasteiger partial charge in [-0.1, -0.05) is 0 Å². The third-order valence-electron chi connectivity index (χ3n) is 2.54. The predicted octanol–water partition coefficient (Wildman–Crippen LogP) is 2.31. The number of hydrogen-bond donors (Lipinski definition) is 1. The normalized spacial score (nSPS) is 15.6. The van der Waals surface area contributed by atoms with Crippen molar-refractivity contribution in [3.05, 3.63) is 0 Å². The van der Waals surface area contributed by atoms with E-state index in [4.69, 9.17) is 17.0 Å². The average Bonchev–Trinajstić information content (AvgIpc) is 3.08. The van der Waals surface area contributed by atoms with Gasteiger partial charge in [-0.05, 0) is 38.4 Å². The van der Waals surface area contributed by atoms with Crippen molar-refractivity contribution in [1.82, 2.24) is 10.2 Å². The summed E-state index contributed by atoms with van der Waals surface area (Å²) in [5.41, 5.74) is 0. The molecule has 0 radical (unpaired) electrons. The van der Waals surface area contributed by atoms with E-state index in [1.165, 1.54) is 4.90 Å². The molecule has 0 unspecified atom stereocenters. The van der Waals surface area contributed by atoms with Gasteiger partial charge in [0.25, 0.3) is 0 Å². The van der Waals surface area contributed by atoms with E-state index in [0.717, 1.165) is 19.3 Å². The van der Waals surface area contributed by atoms with Crippen LogP contribution in [-0.2, 0) is 4.74 Å².